The Morgan fingerprint density at radius 3 is 2.65 bits per heavy atom. The maximum atomic E-state index is 5.90. The molecule has 0 aliphatic carbocycles. The van der Waals surface area contributed by atoms with Crippen LogP contribution in [0.5, 0.6) is 0 Å². The SMILES string of the molecule is CN(C)CC(C)(C)CNc1ncnc(Cl)c1Br. The van der Waals surface area contributed by atoms with Gasteiger partial charge < -0.3 is 10.2 Å². The van der Waals surface area contributed by atoms with Crippen molar-refractivity contribution in [2.75, 3.05) is 32.5 Å². The molecule has 1 rings (SSSR count). The van der Waals surface area contributed by atoms with Crippen LogP contribution in [0.1, 0.15) is 13.8 Å². The van der Waals surface area contributed by atoms with E-state index in [1.54, 1.807) is 0 Å². The molecule has 1 heterocycles. The quantitative estimate of drug-likeness (QED) is 0.847. The lowest BCUT2D eigenvalue weighted by Gasteiger charge is -2.28. The van der Waals surface area contributed by atoms with Crippen LogP contribution >= 0.6 is 27.5 Å². The average molecular weight is 322 g/mol. The standard InChI is InChI=1S/C11H18BrClN4/c1-11(2,6-17(3)4)5-14-10-8(12)9(13)15-7-16-10/h7H,5-6H2,1-4H3,(H,14,15,16). The highest BCUT2D eigenvalue weighted by Gasteiger charge is 2.19. The molecule has 0 bridgehead atoms. The molecule has 1 aromatic heterocycles. The molecule has 0 aliphatic heterocycles. The first kappa shape index (κ1) is 14.7. The van der Waals surface area contributed by atoms with Gasteiger partial charge in [-0.25, -0.2) is 9.97 Å². The second-order valence-electron chi connectivity index (χ2n) is 5.08. The van der Waals surface area contributed by atoms with Crippen molar-refractivity contribution < 1.29 is 0 Å². The molecule has 6 heteroatoms. The number of hydrogen-bond acceptors (Lipinski definition) is 4. The zero-order chi connectivity index (χ0) is 13.1. The summed E-state index contributed by atoms with van der Waals surface area (Å²) in [7, 11) is 4.14. The van der Waals surface area contributed by atoms with E-state index in [1.165, 1.54) is 6.33 Å². The Balaban J connectivity index is 2.64. The van der Waals surface area contributed by atoms with E-state index in [1.807, 2.05) is 0 Å². The minimum atomic E-state index is 0.153. The normalized spacial score (nSPS) is 11.9. The smallest absolute Gasteiger partial charge is 0.148 e. The fourth-order valence-corrected chi connectivity index (χ4v) is 2.18. The number of anilines is 1. The fourth-order valence-electron chi connectivity index (χ4n) is 1.71. The molecular weight excluding hydrogens is 304 g/mol. The summed E-state index contributed by atoms with van der Waals surface area (Å²) >= 11 is 9.27. The summed E-state index contributed by atoms with van der Waals surface area (Å²) in [5.41, 5.74) is 0.153. The van der Waals surface area contributed by atoms with Crippen molar-refractivity contribution in [3.63, 3.8) is 0 Å². The third kappa shape index (κ3) is 4.77. The predicted octanol–water partition coefficient (Wildman–Crippen LogP) is 2.89. The Kier molecular flexibility index (Phi) is 5.16. The van der Waals surface area contributed by atoms with Gasteiger partial charge in [0.25, 0.3) is 0 Å². The maximum absolute atomic E-state index is 5.90. The lowest BCUT2D eigenvalue weighted by Crippen LogP contribution is -2.34. The van der Waals surface area contributed by atoms with Crippen LogP contribution in [0.3, 0.4) is 0 Å². The minimum absolute atomic E-state index is 0.153. The van der Waals surface area contributed by atoms with Crippen molar-refractivity contribution in [1.29, 1.82) is 0 Å². The molecule has 0 saturated heterocycles. The van der Waals surface area contributed by atoms with Crippen LogP contribution in [0, 0.1) is 5.41 Å². The van der Waals surface area contributed by atoms with E-state index in [4.69, 9.17) is 11.6 Å². The molecule has 4 nitrogen and oxygen atoms in total. The molecule has 1 N–H and O–H groups in total. The van der Waals surface area contributed by atoms with Crippen LogP contribution < -0.4 is 5.32 Å². The van der Waals surface area contributed by atoms with Crippen molar-refractivity contribution in [2.45, 2.75) is 13.8 Å². The van der Waals surface area contributed by atoms with E-state index in [9.17, 15) is 0 Å². The van der Waals surface area contributed by atoms with Crippen LogP contribution in [-0.2, 0) is 0 Å². The lowest BCUT2D eigenvalue weighted by molar-refractivity contribution is 0.254. The van der Waals surface area contributed by atoms with Crippen LogP contribution in [-0.4, -0.2) is 42.1 Å². The van der Waals surface area contributed by atoms with Gasteiger partial charge in [-0.3, -0.25) is 0 Å². The van der Waals surface area contributed by atoms with Gasteiger partial charge in [-0.2, -0.15) is 0 Å². The van der Waals surface area contributed by atoms with Gasteiger partial charge in [-0.05, 0) is 35.4 Å². The molecule has 0 aliphatic rings. The first-order chi connectivity index (χ1) is 7.82. The number of rotatable bonds is 5. The monoisotopic (exact) mass is 320 g/mol. The topological polar surface area (TPSA) is 41.0 Å². The highest BCUT2D eigenvalue weighted by Crippen LogP contribution is 2.27. The number of nitrogens with zero attached hydrogens (tertiary/aromatic N) is 3. The van der Waals surface area contributed by atoms with Gasteiger partial charge in [-0.15, -0.1) is 0 Å². The summed E-state index contributed by atoms with van der Waals surface area (Å²) in [6.45, 7) is 6.22. The summed E-state index contributed by atoms with van der Waals surface area (Å²) in [5, 5.41) is 3.71. The number of halogens is 2. The van der Waals surface area contributed by atoms with Crippen LogP contribution in [0.25, 0.3) is 0 Å². The third-order valence-electron chi connectivity index (χ3n) is 2.23. The Morgan fingerprint density at radius 1 is 1.41 bits per heavy atom. The van der Waals surface area contributed by atoms with E-state index in [-0.39, 0.29) is 5.41 Å². The Bertz CT molecular complexity index is 382. The van der Waals surface area contributed by atoms with E-state index in [0.717, 1.165) is 18.9 Å². The zero-order valence-corrected chi connectivity index (χ0v) is 12.9. The van der Waals surface area contributed by atoms with Gasteiger partial charge in [0.1, 0.15) is 17.3 Å². The molecule has 17 heavy (non-hydrogen) atoms. The first-order valence-electron chi connectivity index (χ1n) is 5.36. The van der Waals surface area contributed by atoms with Gasteiger partial charge in [0.15, 0.2) is 0 Å². The van der Waals surface area contributed by atoms with Gasteiger partial charge in [0, 0.05) is 13.1 Å². The van der Waals surface area contributed by atoms with Crippen molar-refractivity contribution >= 4 is 33.3 Å². The van der Waals surface area contributed by atoms with Crippen LogP contribution in [0.4, 0.5) is 5.82 Å². The Labute approximate surface area is 116 Å². The lowest BCUT2D eigenvalue weighted by atomic mass is 9.93. The van der Waals surface area contributed by atoms with E-state index in [2.05, 4.69) is 64.1 Å². The van der Waals surface area contributed by atoms with Gasteiger partial charge in [0.2, 0.25) is 0 Å². The predicted molar refractivity (Wildman–Crippen MR) is 75.6 cm³/mol. The second-order valence-corrected chi connectivity index (χ2v) is 6.23. The number of aromatic nitrogens is 2. The zero-order valence-electron chi connectivity index (χ0n) is 10.6. The van der Waals surface area contributed by atoms with Gasteiger partial charge >= 0.3 is 0 Å². The highest BCUT2D eigenvalue weighted by molar-refractivity contribution is 9.10. The number of nitrogens with one attached hydrogen (secondary N) is 1. The second kappa shape index (κ2) is 5.98. The van der Waals surface area contributed by atoms with Crippen molar-refractivity contribution in [3.05, 3.63) is 16.0 Å². The Hall–Kier alpha value is -0.390. The minimum Gasteiger partial charge on any atom is -0.368 e. The molecule has 0 saturated carbocycles. The Morgan fingerprint density at radius 2 is 2.06 bits per heavy atom. The van der Waals surface area contributed by atoms with E-state index >= 15 is 0 Å². The number of hydrogen-bond donors (Lipinski definition) is 1. The van der Waals surface area contributed by atoms with E-state index in [0.29, 0.717) is 9.63 Å². The molecule has 1 aromatic rings. The highest BCUT2D eigenvalue weighted by atomic mass is 79.9. The van der Waals surface area contributed by atoms with E-state index < -0.39 is 0 Å². The molecule has 0 amide bonds. The summed E-state index contributed by atoms with van der Waals surface area (Å²) < 4.78 is 0.710. The van der Waals surface area contributed by atoms with Crippen molar-refractivity contribution in [1.82, 2.24) is 14.9 Å². The fraction of sp³-hybridized carbons (Fsp3) is 0.636. The molecule has 0 spiro atoms. The molecular formula is C11H18BrClN4. The molecule has 0 unspecified atom stereocenters. The summed E-state index contributed by atoms with van der Waals surface area (Å²) in [6.07, 6.45) is 1.45. The average Bonchev–Trinajstić information content (AvgIpc) is 2.18. The van der Waals surface area contributed by atoms with Crippen molar-refractivity contribution in [2.24, 2.45) is 5.41 Å². The third-order valence-corrected chi connectivity index (χ3v) is 3.49. The largest absolute Gasteiger partial charge is 0.368 e. The summed E-state index contributed by atoms with van der Waals surface area (Å²) in [4.78, 5) is 10.2. The first-order valence-corrected chi connectivity index (χ1v) is 6.53. The van der Waals surface area contributed by atoms with Crippen molar-refractivity contribution in [3.8, 4) is 0 Å². The molecule has 0 fully saturated rings. The molecule has 0 radical (unpaired) electrons. The van der Waals surface area contributed by atoms with Gasteiger partial charge in [0.05, 0.1) is 4.47 Å². The van der Waals surface area contributed by atoms with Crippen LogP contribution in [0.15, 0.2) is 10.8 Å². The molecule has 96 valence electrons. The summed E-state index contributed by atoms with van der Waals surface area (Å²) in [6, 6.07) is 0. The van der Waals surface area contributed by atoms with Crippen LogP contribution in [0.2, 0.25) is 5.15 Å². The van der Waals surface area contributed by atoms with Gasteiger partial charge in [-0.1, -0.05) is 25.4 Å². The summed E-state index contributed by atoms with van der Waals surface area (Å²) in [5.74, 6) is 0.733. The maximum Gasteiger partial charge on any atom is 0.148 e. The molecule has 0 atom stereocenters. The molecule has 0 aromatic carbocycles.